The van der Waals surface area contributed by atoms with Gasteiger partial charge in [0.05, 0.1) is 0 Å². The Bertz CT molecular complexity index is 510. The molecule has 1 aromatic carbocycles. The zero-order valence-electron chi connectivity index (χ0n) is 10.6. The van der Waals surface area contributed by atoms with Crippen LogP contribution in [0.5, 0.6) is 11.5 Å². The van der Waals surface area contributed by atoms with Crippen LogP contribution in [0, 0.1) is 0 Å². The predicted octanol–water partition coefficient (Wildman–Crippen LogP) is 1.60. The fourth-order valence-electron chi connectivity index (χ4n) is 3.02. The summed E-state index contributed by atoms with van der Waals surface area (Å²) in [6, 6.07) is 4.82. The molecule has 1 aliphatic carbocycles. The Kier molecular flexibility index (Phi) is 2.86. The predicted molar refractivity (Wildman–Crippen MR) is 68.3 cm³/mol. The highest BCUT2D eigenvalue weighted by Crippen LogP contribution is 2.40. The number of phenols is 1. The molecule has 3 rings (SSSR count). The van der Waals surface area contributed by atoms with E-state index < -0.39 is 11.5 Å². The smallest absolute Gasteiger partial charge is 0.332 e. The lowest BCUT2D eigenvalue weighted by Crippen LogP contribution is -2.54. The molecule has 1 saturated carbocycles. The minimum absolute atomic E-state index is 0.0671. The molecule has 0 radical (unpaired) electrons. The summed E-state index contributed by atoms with van der Waals surface area (Å²) < 4.78 is 5.46. The molecule has 5 heteroatoms. The van der Waals surface area contributed by atoms with Crippen molar-refractivity contribution in [3.63, 3.8) is 0 Å². The summed E-state index contributed by atoms with van der Waals surface area (Å²) in [5.74, 6) is -0.391. The van der Waals surface area contributed by atoms with Gasteiger partial charge in [0.15, 0.2) is 5.54 Å². The molecule has 2 aliphatic rings. The Labute approximate surface area is 111 Å². The van der Waals surface area contributed by atoms with Gasteiger partial charge in [-0.2, -0.15) is 0 Å². The number of aromatic hydroxyl groups is 1. The number of hydrogen-bond donors (Lipinski definition) is 3. The van der Waals surface area contributed by atoms with Crippen molar-refractivity contribution in [3.05, 3.63) is 23.8 Å². The Balaban J connectivity index is 1.97. The van der Waals surface area contributed by atoms with Gasteiger partial charge in [-0.05, 0) is 25.0 Å². The van der Waals surface area contributed by atoms with Gasteiger partial charge < -0.3 is 14.9 Å². The van der Waals surface area contributed by atoms with Crippen LogP contribution >= 0.6 is 0 Å². The maximum absolute atomic E-state index is 11.8. The van der Waals surface area contributed by atoms with E-state index in [4.69, 9.17) is 4.74 Å². The van der Waals surface area contributed by atoms with Crippen LogP contribution in [0.25, 0.3) is 0 Å². The zero-order chi connectivity index (χ0) is 13.5. The lowest BCUT2D eigenvalue weighted by atomic mass is 9.90. The third-order valence-corrected chi connectivity index (χ3v) is 4.04. The molecule has 0 bridgehead atoms. The first-order chi connectivity index (χ1) is 9.12. The molecule has 5 nitrogen and oxygen atoms in total. The van der Waals surface area contributed by atoms with Crippen molar-refractivity contribution in [3.8, 4) is 11.5 Å². The standard InChI is InChI=1S/C14H17NO4/c16-10-5-6-11-12(7-10)19-8-14(11,13(17)18)15-9-3-1-2-4-9/h5-7,9,15-16H,1-4,8H2,(H,17,18). The number of carboxylic acid groups (broad SMARTS) is 1. The normalized spacial score (nSPS) is 26.1. The van der Waals surface area contributed by atoms with Gasteiger partial charge in [0.2, 0.25) is 0 Å². The van der Waals surface area contributed by atoms with E-state index >= 15 is 0 Å². The molecule has 0 aromatic heterocycles. The van der Waals surface area contributed by atoms with Crippen molar-refractivity contribution in [2.24, 2.45) is 0 Å². The van der Waals surface area contributed by atoms with E-state index in [9.17, 15) is 15.0 Å². The van der Waals surface area contributed by atoms with E-state index in [1.165, 1.54) is 12.1 Å². The van der Waals surface area contributed by atoms with Gasteiger partial charge in [0.25, 0.3) is 0 Å². The summed E-state index contributed by atoms with van der Waals surface area (Å²) >= 11 is 0. The Morgan fingerprint density at radius 3 is 2.79 bits per heavy atom. The van der Waals surface area contributed by atoms with Crippen LogP contribution in [0.4, 0.5) is 0 Å². The fraction of sp³-hybridized carbons (Fsp3) is 0.500. The second-order valence-electron chi connectivity index (χ2n) is 5.31. The average Bonchev–Trinajstić information content (AvgIpc) is 2.98. The van der Waals surface area contributed by atoms with Crippen LogP contribution in [0.15, 0.2) is 18.2 Å². The molecule has 3 N–H and O–H groups in total. The molecule has 1 unspecified atom stereocenters. The minimum Gasteiger partial charge on any atom is -0.508 e. The van der Waals surface area contributed by atoms with Gasteiger partial charge in [0, 0.05) is 17.7 Å². The van der Waals surface area contributed by atoms with Crippen LogP contribution in [0.1, 0.15) is 31.2 Å². The lowest BCUT2D eigenvalue weighted by Gasteiger charge is -2.28. The molecule has 1 fully saturated rings. The van der Waals surface area contributed by atoms with Crippen LogP contribution in [-0.4, -0.2) is 28.8 Å². The highest BCUT2D eigenvalue weighted by atomic mass is 16.5. The molecule has 1 aromatic rings. The number of carbonyl (C=O) groups is 1. The van der Waals surface area contributed by atoms with E-state index in [0.29, 0.717) is 11.3 Å². The number of fused-ring (bicyclic) bond motifs is 1. The summed E-state index contributed by atoms with van der Waals surface area (Å²) in [7, 11) is 0. The molecule has 1 heterocycles. The van der Waals surface area contributed by atoms with Crippen molar-refractivity contribution >= 4 is 5.97 Å². The lowest BCUT2D eigenvalue weighted by molar-refractivity contribution is -0.146. The van der Waals surface area contributed by atoms with Crippen LogP contribution in [0.2, 0.25) is 0 Å². The van der Waals surface area contributed by atoms with Gasteiger partial charge in [-0.15, -0.1) is 0 Å². The third-order valence-electron chi connectivity index (χ3n) is 4.04. The van der Waals surface area contributed by atoms with Crippen LogP contribution < -0.4 is 10.1 Å². The molecule has 0 spiro atoms. The molecule has 0 amide bonds. The van der Waals surface area contributed by atoms with E-state index in [2.05, 4.69) is 5.32 Å². The third kappa shape index (κ3) is 1.94. The maximum atomic E-state index is 11.8. The molecule has 102 valence electrons. The van der Waals surface area contributed by atoms with Gasteiger partial charge >= 0.3 is 5.97 Å². The summed E-state index contributed by atoms with van der Waals surface area (Å²) in [5.41, 5.74) is -0.581. The highest BCUT2D eigenvalue weighted by Gasteiger charge is 2.49. The Morgan fingerprint density at radius 2 is 2.11 bits per heavy atom. The van der Waals surface area contributed by atoms with Crippen molar-refractivity contribution < 1.29 is 19.7 Å². The fourth-order valence-corrected chi connectivity index (χ4v) is 3.02. The minimum atomic E-state index is -1.18. The monoisotopic (exact) mass is 263 g/mol. The summed E-state index contributed by atoms with van der Waals surface area (Å²) in [6.07, 6.45) is 4.28. The van der Waals surface area contributed by atoms with Gasteiger partial charge in [-0.3, -0.25) is 5.32 Å². The number of benzene rings is 1. The number of phenolic OH excluding ortho intramolecular Hbond substituents is 1. The molecule has 19 heavy (non-hydrogen) atoms. The van der Waals surface area contributed by atoms with Crippen molar-refractivity contribution in [2.75, 3.05) is 6.61 Å². The van der Waals surface area contributed by atoms with E-state index in [1.54, 1.807) is 6.07 Å². The number of ether oxygens (including phenoxy) is 1. The van der Waals surface area contributed by atoms with Gasteiger partial charge in [0.1, 0.15) is 18.1 Å². The van der Waals surface area contributed by atoms with Crippen LogP contribution in [-0.2, 0) is 10.3 Å². The number of hydrogen-bond acceptors (Lipinski definition) is 4. The molecular formula is C14H17NO4. The van der Waals surface area contributed by atoms with Crippen molar-refractivity contribution in [2.45, 2.75) is 37.3 Å². The maximum Gasteiger partial charge on any atom is 0.332 e. The Morgan fingerprint density at radius 1 is 1.37 bits per heavy atom. The summed E-state index contributed by atoms with van der Waals surface area (Å²) in [6.45, 7) is 0.0671. The van der Waals surface area contributed by atoms with E-state index in [0.717, 1.165) is 25.7 Å². The molecule has 1 aliphatic heterocycles. The Hall–Kier alpha value is -1.75. The molecule has 0 saturated heterocycles. The summed E-state index contributed by atoms with van der Waals surface area (Å²) in [5, 5.41) is 22.3. The quantitative estimate of drug-likeness (QED) is 0.772. The number of rotatable bonds is 3. The number of aliphatic carboxylic acids is 1. The van der Waals surface area contributed by atoms with E-state index in [-0.39, 0.29) is 18.4 Å². The first-order valence-electron chi connectivity index (χ1n) is 6.59. The second kappa shape index (κ2) is 4.42. The molecule has 1 atom stereocenters. The van der Waals surface area contributed by atoms with Crippen LogP contribution in [0.3, 0.4) is 0 Å². The highest BCUT2D eigenvalue weighted by molar-refractivity contribution is 5.83. The average molecular weight is 263 g/mol. The zero-order valence-corrected chi connectivity index (χ0v) is 10.6. The summed E-state index contributed by atoms with van der Waals surface area (Å²) in [4.78, 5) is 11.8. The number of nitrogens with one attached hydrogen (secondary N) is 1. The largest absolute Gasteiger partial charge is 0.508 e. The number of carboxylic acids is 1. The second-order valence-corrected chi connectivity index (χ2v) is 5.31. The SMILES string of the molecule is O=C(O)C1(NC2CCCC2)COc2cc(O)ccc21. The first-order valence-corrected chi connectivity index (χ1v) is 6.59. The van der Waals surface area contributed by atoms with Gasteiger partial charge in [-0.1, -0.05) is 12.8 Å². The van der Waals surface area contributed by atoms with Crippen molar-refractivity contribution in [1.82, 2.24) is 5.32 Å². The van der Waals surface area contributed by atoms with Gasteiger partial charge in [-0.25, -0.2) is 4.79 Å². The topological polar surface area (TPSA) is 78.8 Å². The first kappa shape index (κ1) is 12.3. The molecular weight excluding hydrogens is 246 g/mol. The van der Waals surface area contributed by atoms with E-state index in [1.807, 2.05) is 0 Å². The van der Waals surface area contributed by atoms with Crippen molar-refractivity contribution in [1.29, 1.82) is 0 Å².